The summed E-state index contributed by atoms with van der Waals surface area (Å²) in [6, 6.07) is 14.6. The van der Waals surface area contributed by atoms with Gasteiger partial charge in [0.2, 0.25) is 11.8 Å². The standard InChI is InChI=1S/C24H23N3O5S2/c1-3-20(34-18-9-5-7-16(13-18)25-21(28)10-11-22(29)30)23(31)27-24-26-19(14-33-24)15-6-4-8-17(12-15)32-2/h4-14,20H,3H2,1-2H3,(H,25,28)(H,29,30)(H,26,27,31)/b11-10+. The Hall–Kier alpha value is -3.63. The van der Waals surface area contributed by atoms with E-state index in [1.165, 1.54) is 23.1 Å². The van der Waals surface area contributed by atoms with E-state index in [4.69, 9.17) is 9.84 Å². The number of amides is 2. The zero-order valence-corrected chi connectivity index (χ0v) is 20.1. The van der Waals surface area contributed by atoms with Crippen LogP contribution in [0.2, 0.25) is 0 Å². The van der Waals surface area contributed by atoms with Crippen LogP contribution in [0.5, 0.6) is 5.75 Å². The van der Waals surface area contributed by atoms with Crippen LogP contribution in [0.4, 0.5) is 10.8 Å². The number of hydrogen-bond donors (Lipinski definition) is 3. The van der Waals surface area contributed by atoms with Crippen molar-refractivity contribution in [2.24, 2.45) is 0 Å². The van der Waals surface area contributed by atoms with Gasteiger partial charge in [0.25, 0.3) is 0 Å². The molecule has 2 aromatic carbocycles. The summed E-state index contributed by atoms with van der Waals surface area (Å²) < 4.78 is 5.25. The predicted molar refractivity (Wildman–Crippen MR) is 135 cm³/mol. The van der Waals surface area contributed by atoms with E-state index in [0.717, 1.165) is 34.1 Å². The van der Waals surface area contributed by atoms with Crippen molar-refractivity contribution >= 4 is 51.7 Å². The highest BCUT2D eigenvalue weighted by Gasteiger charge is 2.20. The van der Waals surface area contributed by atoms with Crippen molar-refractivity contribution in [2.75, 3.05) is 17.7 Å². The van der Waals surface area contributed by atoms with Crippen molar-refractivity contribution in [1.82, 2.24) is 4.98 Å². The number of carboxylic acids is 1. The van der Waals surface area contributed by atoms with Crippen molar-refractivity contribution in [3.05, 3.63) is 66.1 Å². The van der Waals surface area contributed by atoms with E-state index in [1.54, 1.807) is 25.3 Å². The molecule has 0 saturated carbocycles. The van der Waals surface area contributed by atoms with Crippen LogP contribution >= 0.6 is 23.1 Å². The molecule has 0 fully saturated rings. The number of carbonyl (C=O) groups excluding carboxylic acids is 2. The number of thiazole rings is 1. The topological polar surface area (TPSA) is 118 Å². The van der Waals surface area contributed by atoms with Gasteiger partial charge in [-0.3, -0.25) is 9.59 Å². The van der Waals surface area contributed by atoms with Crippen molar-refractivity contribution < 1.29 is 24.2 Å². The summed E-state index contributed by atoms with van der Waals surface area (Å²) in [6.07, 6.45) is 2.30. The average Bonchev–Trinajstić information content (AvgIpc) is 3.30. The van der Waals surface area contributed by atoms with Crippen molar-refractivity contribution in [1.29, 1.82) is 0 Å². The Kier molecular flexibility index (Phi) is 8.83. The van der Waals surface area contributed by atoms with Crippen LogP contribution in [-0.2, 0) is 14.4 Å². The van der Waals surface area contributed by atoms with Gasteiger partial charge >= 0.3 is 5.97 Å². The second-order valence-electron chi connectivity index (χ2n) is 6.96. The number of nitrogens with zero attached hydrogens (tertiary/aromatic N) is 1. The minimum atomic E-state index is -1.20. The van der Waals surface area contributed by atoms with Gasteiger partial charge in [0.15, 0.2) is 5.13 Å². The highest BCUT2D eigenvalue weighted by atomic mass is 32.2. The fourth-order valence-electron chi connectivity index (χ4n) is 2.90. The highest BCUT2D eigenvalue weighted by Crippen LogP contribution is 2.30. The first-order valence-electron chi connectivity index (χ1n) is 10.3. The number of hydrogen-bond acceptors (Lipinski definition) is 7. The smallest absolute Gasteiger partial charge is 0.328 e. The number of aliphatic carboxylic acids is 1. The molecular formula is C24H23N3O5S2. The Bertz CT molecular complexity index is 1210. The third kappa shape index (κ3) is 7.19. The molecule has 1 atom stereocenters. The number of anilines is 2. The molecule has 0 saturated heterocycles. The summed E-state index contributed by atoms with van der Waals surface area (Å²) in [5.41, 5.74) is 2.15. The van der Waals surface area contributed by atoms with E-state index >= 15 is 0 Å². The van der Waals surface area contributed by atoms with Gasteiger partial charge in [-0.2, -0.15) is 0 Å². The number of carboxylic acid groups (broad SMARTS) is 1. The normalized spacial score (nSPS) is 11.7. The zero-order chi connectivity index (χ0) is 24.5. The molecule has 0 radical (unpaired) electrons. The van der Waals surface area contributed by atoms with E-state index in [9.17, 15) is 14.4 Å². The minimum absolute atomic E-state index is 0.169. The average molecular weight is 498 g/mol. The van der Waals surface area contributed by atoms with Gasteiger partial charge in [-0.05, 0) is 36.8 Å². The van der Waals surface area contributed by atoms with E-state index in [1.807, 2.05) is 42.6 Å². The SMILES string of the molecule is CCC(Sc1cccc(NC(=O)/C=C/C(=O)O)c1)C(=O)Nc1nc(-c2cccc(OC)c2)cs1. The summed E-state index contributed by atoms with van der Waals surface area (Å²) in [7, 11) is 1.61. The molecule has 3 rings (SSSR count). The molecule has 0 aliphatic rings. The first-order valence-corrected chi connectivity index (χ1v) is 12.0. The molecule has 1 unspecified atom stereocenters. The van der Waals surface area contributed by atoms with Gasteiger partial charge in [-0.25, -0.2) is 9.78 Å². The lowest BCUT2D eigenvalue weighted by Gasteiger charge is -2.14. The summed E-state index contributed by atoms with van der Waals surface area (Å²) in [5.74, 6) is -1.19. The summed E-state index contributed by atoms with van der Waals surface area (Å²) in [6.45, 7) is 1.92. The van der Waals surface area contributed by atoms with Crippen LogP contribution in [0.25, 0.3) is 11.3 Å². The van der Waals surface area contributed by atoms with Crippen molar-refractivity contribution in [3.8, 4) is 17.0 Å². The number of aromatic nitrogens is 1. The van der Waals surface area contributed by atoms with Crippen LogP contribution in [0.1, 0.15) is 13.3 Å². The maximum atomic E-state index is 12.9. The van der Waals surface area contributed by atoms with Crippen LogP contribution in [0, 0.1) is 0 Å². The number of methoxy groups -OCH3 is 1. The second-order valence-corrected chi connectivity index (χ2v) is 9.10. The molecule has 1 heterocycles. The quantitative estimate of drug-likeness (QED) is 0.269. The summed E-state index contributed by atoms with van der Waals surface area (Å²) >= 11 is 2.72. The van der Waals surface area contributed by atoms with Gasteiger partial charge in [-0.15, -0.1) is 23.1 Å². The maximum Gasteiger partial charge on any atom is 0.328 e. The Balaban J connectivity index is 1.64. The summed E-state index contributed by atoms with van der Waals surface area (Å²) in [4.78, 5) is 40.6. The molecule has 1 aromatic heterocycles. The van der Waals surface area contributed by atoms with Crippen LogP contribution in [0.3, 0.4) is 0 Å². The highest BCUT2D eigenvalue weighted by molar-refractivity contribution is 8.00. The molecule has 3 aromatic rings. The fraction of sp³-hybridized carbons (Fsp3) is 0.167. The van der Waals surface area contributed by atoms with Crippen molar-refractivity contribution in [3.63, 3.8) is 0 Å². The summed E-state index contributed by atoms with van der Waals surface area (Å²) in [5, 5.41) is 16.1. The Morgan fingerprint density at radius 2 is 1.94 bits per heavy atom. The van der Waals surface area contributed by atoms with Gasteiger partial charge in [0.05, 0.1) is 18.1 Å². The van der Waals surface area contributed by atoms with E-state index < -0.39 is 11.9 Å². The molecule has 0 aliphatic heterocycles. The molecule has 10 heteroatoms. The number of nitrogens with one attached hydrogen (secondary N) is 2. The van der Waals surface area contributed by atoms with Gasteiger partial charge in [0, 0.05) is 33.7 Å². The lowest BCUT2D eigenvalue weighted by molar-refractivity contribution is -0.131. The zero-order valence-electron chi connectivity index (χ0n) is 18.5. The number of thioether (sulfide) groups is 1. The number of rotatable bonds is 10. The third-order valence-electron chi connectivity index (χ3n) is 4.52. The molecule has 0 aliphatic carbocycles. The lowest BCUT2D eigenvalue weighted by Crippen LogP contribution is -2.24. The largest absolute Gasteiger partial charge is 0.497 e. The predicted octanol–water partition coefficient (Wildman–Crippen LogP) is 4.91. The molecule has 0 spiro atoms. The Labute approximate surface area is 205 Å². The van der Waals surface area contributed by atoms with E-state index in [2.05, 4.69) is 15.6 Å². The van der Waals surface area contributed by atoms with Crippen LogP contribution < -0.4 is 15.4 Å². The molecule has 8 nitrogen and oxygen atoms in total. The molecule has 0 bridgehead atoms. The van der Waals surface area contributed by atoms with Gasteiger partial charge < -0.3 is 20.5 Å². The van der Waals surface area contributed by atoms with E-state index in [-0.39, 0.29) is 11.2 Å². The Morgan fingerprint density at radius 1 is 1.15 bits per heavy atom. The third-order valence-corrected chi connectivity index (χ3v) is 6.64. The van der Waals surface area contributed by atoms with E-state index in [0.29, 0.717) is 17.2 Å². The monoisotopic (exact) mass is 497 g/mol. The van der Waals surface area contributed by atoms with Crippen LogP contribution in [-0.4, -0.2) is 40.2 Å². The first-order chi connectivity index (χ1) is 16.4. The lowest BCUT2D eigenvalue weighted by atomic mass is 10.2. The molecular weight excluding hydrogens is 474 g/mol. The number of carbonyl (C=O) groups is 3. The van der Waals surface area contributed by atoms with Crippen LogP contribution in [0.15, 0.2) is 71.0 Å². The van der Waals surface area contributed by atoms with Gasteiger partial charge in [0.1, 0.15) is 5.75 Å². The molecule has 3 N–H and O–H groups in total. The molecule has 34 heavy (non-hydrogen) atoms. The first kappa shape index (κ1) is 25.0. The number of benzene rings is 2. The molecule has 2 amide bonds. The van der Waals surface area contributed by atoms with Crippen molar-refractivity contribution in [2.45, 2.75) is 23.5 Å². The molecule has 176 valence electrons. The fourth-order valence-corrected chi connectivity index (χ4v) is 4.63. The Morgan fingerprint density at radius 3 is 2.68 bits per heavy atom. The minimum Gasteiger partial charge on any atom is -0.497 e. The second kappa shape index (κ2) is 12.0. The maximum absolute atomic E-state index is 12.9. The van der Waals surface area contributed by atoms with Gasteiger partial charge in [-0.1, -0.05) is 25.1 Å². The number of ether oxygens (including phenoxy) is 1.